The Kier molecular flexibility index (Phi) is 4.22. The summed E-state index contributed by atoms with van der Waals surface area (Å²) in [5, 5.41) is 14.7. The molecule has 0 aliphatic heterocycles. The number of rotatable bonds is 2. The molecule has 2 aromatic rings. The van der Waals surface area contributed by atoms with Gasteiger partial charge in [0.25, 0.3) is 0 Å². The number of nitrogens with one attached hydrogen (secondary N) is 2. The normalized spacial score (nSPS) is 9.85. The first-order chi connectivity index (χ1) is 9.56. The fraction of sp³-hybridized carbons (Fsp3) is 0. The molecule has 102 valence electrons. The molecular weight excluding hydrogens is 280 g/mol. The van der Waals surface area contributed by atoms with E-state index in [1.807, 2.05) is 0 Å². The Balaban J connectivity index is 2.03. The Bertz CT molecular complexity index is 658. The summed E-state index contributed by atoms with van der Waals surface area (Å²) in [6.45, 7) is 0. The van der Waals surface area contributed by atoms with Gasteiger partial charge in [-0.05, 0) is 30.3 Å². The number of benzene rings is 2. The average Bonchev–Trinajstić information content (AvgIpc) is 2.41. The van der Waals surface area contributed by atoms with Gasteiger partial charge < -0.3 is 15.7 Å². The van der Waals surface area contributed by atoms with Crippen molar-refractivity contribution in [2.75, 3.05) is 10.6 Å². The Morgan fingerprint density at radius 1 is 0.950 bits per heavy atom. The molecule has 0 unspecified atom stereocenters. The predicted octanol–water partition coefficient (Wildman–Crippen LogP) is 2.62. The highest BCUT2D eigenvalue weighted by Crippen LogP contribution is 2.21. The highest BCUT2D eigenvalue weighted by Gasteiger charge is 2.15. The zero-order chi connectivity index (χ0) is 14.5. The van der Waals surface area contributed by atoms with Gasteiger partial charge in [0.1, 0.15) is 5.75 Å². The molecule has 0 radical (unpaired) electrons. The van der Waals surface area contributed by atoms with Crippen LogP contribution in [0.25, 0.3) is 0 Å². The van der Waals surface area contributed by atoms with Gasteiger partial charge in [-0.3, -0.25) is 9.59 Å². The van der Waals surface area contributed by atoms with Crippen LogP contribution in [0.2, 0.25) is 5.02 Å². The van der Waals surface area contributed by atoms with Crippen LogP contribution in [0.3, 0.4) is 0 Å². The minimum Gasteiger partial charge on any atom is -0.506 e. The number of phenolic OH excluding ortho intramolecular Hbond substituents is 1. The molecule has 2 amide bonds. The van der Waals surface area contributed by atoms with E-state index >= 15 is 0 Å². The molecule has 3 N–H and O–H groups in total. The molecule has 0 bridgehead atoms. The average molecular weight is 291 g/mol. The van der Waals surface area contributed by atoms with Crippen molar-refractivity contribution >= 4 is 34.8 Å². The van der Waals surface area contributed by atoms with Gasteiger partial charge in [0.05, 0.1) is 5.69 Å². The number of phenols is 1. The van der Waals surface area contributed by atoms with Crippen LogP contribution < -0.4 is 10.6 Å². The zero-order valence-corrected chi connectivity index (χ0v) is 11.0. The molecule has 0 aliphatic carbocycles. The van der Waals surface area contributed by atoms with Gasteiger partial charge in [-0.2, -0.15) is 0 Å². The largest absolute Gasteiger partial charge is 0.506 e. The molecule has 6 heteroatoms. The van der Waals surface area contributed by atoms with E-state index in [2.05, 4.69) is 10.6 Å². The third kappa shape index (κ3) is 3.49. The van der Waals surface area contributed by atoms with Gasteiger partial charge >= 0.3 is 11.8 Å². The van der Waals surface area contributed by atoms with Crippen LogP contribution in [-0.2, 0) is 9.59 Å². The maximum absolute atomic E-state index is 11.7. The monoisotopic (exact) mass is 290 g/mol. The van der Waals surface area contributed by atoms with Gasteiger partial charge in [0, 0.05) is 10.7 Å². The van der Waals surface area contributed by atoms with Crippen LogP contribution in [0, 0.1) is 0 Å². The SMILES string of the molecule is O=C(Nc1cccc(Cl)c1)C(=O)Nc1ccccc1O. The Hall–Kier alpha value is -2.53. The number of para-hydroxylation sites is 2. The lowest BCUT2D eigenvalue weighted by Gasteiger charge is -2.07. The zero-order valence-electron chi connectivity index (χ0n) is 10.3. The van der Waals surface area contributed by atoms with E-state index in [1.165, 1.54) is 18.2 Å². The maximum Gasteiger partial charge on any atom is 0.314 e. The smallest absolute Gasteiger partial charge is 0.314 e. The molecule has 0 saturated carbocycles. The Morgan fingerprint density at radius 3 is 2.35 bits per heavy atom. The topological polar surface area (TPSA) is 78.4 Å². The molecule has 0 heterocycles. The standard InChI is InChI=1S/C14H11ClN2O3/c15-9-4-3-5-10(8-9)16-13(19)14(20)17-11-6-1-2-7-12(11)18/h1-8,18H,(H,16,19)(H,17,20). The van der Waals surface area contributed by atoms with Crippen LogP contribution in [0.5, 0.6) is 5.75 Å². The summed E-state index contributed by atoms with van der Waals surface area (Å²) in [6.07, 6.45) is 0. The number of carbonyl (C=O) groups is 2. The molecule has 2 rings (SSSR count). The second kappa shape index (κ2) is 6.08. The van der Waals surface area contributed by atoms with Crippen LogP contribution in [0.1, 0.15) is 0 Å². The van der Waals surface area contributed by atoms with Gasteiger partial charge in [-0.15, -0.1) is 0 Å². The van der Waals surface area contributed by atoms with Gasteiger partial charge in [0.15, 0.2) is 0 Å². The summed E-state index contributed by atoms with van der Waals surface area (Å²) in [5.41, 5.74) is 0.577. The molecule has 20 heavy (non-hydrogen) atoms. The second-order valence-corrected chi connectivity index (χ2v) is 4.37. The quantitative estimate of drug-likeness (QED) is 0.587. The molecule has 0 spiro atoms. The number of amides is 2. The van der Waals surface area contributed by atoms with E-state index < -0.39 is 11.8 Å². The fourth-order valence-electron chi connectivity index (χ4n) is 1.51. The van der Waals surface area contributed by atoms with Crippen LogP contribution in [0.4, 0.5) is 11.4 Å². The van der Waals surface area contributed by atoms with Crippen LogP contribution in [-0.4, -0.2) is 16.9 Å². The molecule has 2 aromatic carbocycles. The molecular formula is C14H11ClN2O3. The summed E-state index contributed by atoms with van der Waals surface area (Å²) in [4.78, 5) is 23.4. The lowest BCUT2D eigenvalue weighted by Crippen LogP contribution is -2.29. The summed E-state index contributed by atoms with van der Waals surface area (Å²) in [5.74, 6) is -1.85. The van der Waals surface area contributed by atoms with Crippen molar-refractivity contribution in [1.82, 2.24) is 0 Å². The molecule has 0 atom stereocenters. The van der Waals surface area contributed by atoms with Crippen molar-refractivity contribution < 1.29 is 14.7 Å². The number of hydrogen-bond donors (Lipinski definition) is 3. The lowest BCUT2D eigenvalue weighted by molar-refractivity contribution is -0.133. The van der Waals surface area contributed by atoms with E-state index in [0.29, 0.717) is 10.7 Å². The van der Waals surface area contributed by atoms with Crippen molar-refractivity contribution in [3.05, 3.63) is 53.6 Å². The van der Waals surface area contributed by atoms with Gasteiger partial charge in [0.2, 0.25) is 0 Å². The number of aromatic hydroxyl groups is 1. The van der Waals surface area contributed by atoms with E-state index in [-0.39, 0.29) is 11.4 Å². The second-order valence-electron chi connectivity index (χ2n) is 3.94. The number of anilines is 2. The first-order valence-corrected chi connectivity index (χ1v) is 6.10. The summed E-state index contributed by atoms with van der Waals surface area (Å²) >= 11 is 5.77. The van der Waals surface area contributed by atoms with Gasteiger partial charge in [-0.25, -0.2) is 0 Å². The first kappa shape index (κ1) is 13.9. The van der Waals surface area contributed by atoms with Crippen molar-refractivity contribution in [1.29, 1.82) is 0 Å². The number of carbonyl (C=O) groups excluding carboxylic acids is 2. The van der Waals surface area contributed by atoms with Crippen molar-refractivity contribution in [2.45, 2.75) is 0 Å². The maximum atomic E-state index is 11.7. The van der Waals surface area contributed by atoms with Gasteiger partial charge in [-0.1, -0.05) is 29.8 Å². The molecule has 5 nitrogen and oxygen atoms in total. The molecule has 0 saturated heterocycles. The number of hydrogen-bond acceptors (Lipinski definition) is 3. The van der Waals surface area contributed by atoms with Crippen molar-refractivity contribution in [3.63, 3.8) is 0 Å². The van der Waals surface area contributed by atoms with E-state index in [9.17, 15) is 14.7 Å². The Morgan fingerprint density at radius 2 is 1.65 bits per heavy atom. The fourth-order valence-corrected chi connectivity index (χ4v) is 1.70. The third-order valence-corrected chi connectivity index (χ3v) is 2.68. The predicted molar refractivity (Wildman–Crippen MR) is 76.8 cm³/mol. The molecule has 0 fully saturated rings. The minimum atomic E-state index is -0.883. The summed E-state index contributed by atoms with van der Waals surface area (Å²) in [7, 11) is 0. The van der Waals surface area contributed by atoms with E-state index in [1.54, 1.807) is 30.3 Å². The van der Waals surface area contributed by atoms with E-state index in [0.717, 1.165) is 0 Å². The van der Waals surface area contributed by atoms with Crippen molar-refractivity contribution in [2.24, 2.45) is 0 Å². The third-order valence-electron chi connectivity index (χ3n) is 2.44. The molecule has 0 aromatic heterocycles. The van der Waals surface area contributed by atoms with E-state index in [4.69, 9.17) is 11.6 Å². The highest BCUT2D eigenvalue weighted by molar-refractivity contribution is 6.44. The summed E-state index contributed by atoms with van der Waals surface area (Å²) < 4.78 is 0. The minimum absolute atomic E-state index is 0.114. The van der Waals surface area contributed by atoms with Crippen LogP contribution >= 0.6 is 11.6 Å². The highest BCUT2D eigenvalue weighted by atomic mass is 35.5. The molecule has 0 aliphatic rings. The summed E-state index contributed by atoms with van der Waals surface area (Å²) in [6, 6.07) is 12.6. The van der Waals surface area contributed by atoms with Crippen LogP contribution in [0.15, 0.2) is 48.5 Å². The first-order valence-electron chi connectivity index (χ1n) is 5.72. The number of halogens is 1. The lowest BCUT2D eigenvalue weighted by atomic mass is 10.3. The Labute approximate surface area is 120 Å². The van der Waals surface area contributed by atoms with Crippen molar-refractivity contribution in [3.8, 4) is 5.75 Å².